The molecule has 0 bridgehead atoms. The monoisotopic (exact) mass is 588 g/mol. The third-order valence-corrected chi connectivity index (χ3v) is 9.44. The van der Waals surface area contributed by atoms with Gasteiger partial charge in [-0.3, -0.25) is 9.69 Å². The Morgan fingerprint density at radius 1 is 0.905 bits per heavy atom. The summed E-state index contributed by atoms with van der Waals surface area (Å²) in [5.74, 6) is -0.0152. The molecule has 0 radical (unpaired) electrons. The first-order valence-electron chi connectivity index (χ1n) is 14.2. The molecule has 1 amide bonds. The van der Waals surface area contributed by atoms with Crippen LogP contribution >= 0.6 is 0 Å². The first-order valence-corrected chi connectivity index (χ1v) is 16.1. The molecule has 2 saturated heterocycles. The molecule has 11 heteroatoms. The van der Waals surface area contributed by atoms with Gasteiger partial charge in [0.25, 0.3) is 11.9 Å². The van der Waals surface area contributed by atoms with E-state index in [2.05, 4.69) is 32.1 Å². The maximum absolute atomic E-state index is 13.9. The number of nitrogens with zero attached hydrogens (tertiary/aromatic N) is 6. The fraction of sp³-hybridized carbons (Fsp3) is 0.355. The molecule has 4 aromatic rings. The highest BCUT2D eigenvalue weighted by atomic mass is 32.2. The SMILES string of the molecule is CS(=O)(=O)c1ccc(CN2CCC(c3c(C(=O)N4CCC(c5ccccc5)C4)cnn3-c3ncc(F)cn3)CC2)cc1. The van der Waals surface area contributed by atoms with E-state index in [-0.39, 0.29) is 17.8 Å². The number of hydrogen-bond donors (Lipinski definition) is 0. The number of likely N-dealkylation sites (tertiary alicyclic amines) is 2. The van der Waals surface area contributed by atoms with E-state index in [1.165, 1.54) is 11.8 Å². The minimum Gasteiger partial charge on any atom is -0.338 e. The van der Waals surface area contributed by atoms with Gasteiger partial charge < -0.3 is 4.90 Å². The van der Waals surface area contributed by atoms with Gasteiger partial charge in [0.15, 0.2) is 15.7 Å². The van der Waals surface area contributed by atoms with Gasteiger partial charge >= 0.3 is 0 Å². The van der Waals surface area contributed by atoms with Crippen LogP contribution < -0.4 is 0 Å². The normalized spacial score (nSPS) is 18.4. The summed E-state index contributed by atoms with van der Waals surface area (Å²) in [4.78, 5) is 26.8. The Hall–Kier alpha value is -3.96. The van der Waals surface area contributed by atoms with Crippen molar-refractivity contribution in [2.45, 2.75) is 42.5 Å². The number of amides is 1. The minimum absolute atomic E-state index is 0.0384. The molecular formula is C31H33FN6O3S. The molecule has 2 aliphatic rings. The Morgan fingerprint density at radius 2 is 1.57 bits per heavy atom. The number of halogens is 1. The minimum atomic E-state index is -3.23. The number of rotatable bonds is 7. The van der Waals surface area contributed by atoms with Crippen molar-refractivity contribution in [2.24, 2.45) is 0 Å². The van der Waals surface area contributed by atoms with Gasteiger partial charge in [-0.1, -0.05) is 42.5 Å². The number of piperidine rings is 1. The number of hydrogen-bond acceptors (Lipinski definition) is 7. The number of benzene rings is 2. The van der Waals surface area contributed by atoms with E-state index >= 15 is 0 Å². The highest BCUT2D eigenvalue weighted by Gasteiger charge is 2.34. The Kier molecular flexibility index (Phi) is 7.87. The zero-order valence-corrected chi connectivity index (χ0v) is 24.3. The molecule has 42 heavy (non-hydrogen) atoms. The smallest absolute Gasteiger partial charge is 0.257 e. The van der Waals surface area contributed by atoms with E-state index in [9.17, 15) is 17.6 Å². The third-order valence-electron chi connectivity index (χ3n) is 8.31. The molecule has 2 aromatic heterocycles. The second kappa shape index (κ2) is 11.7. The summed E-state index contributed by atoms with van der Waals surface area (Å²) in [6, 6.07) is 17.3. The highest BCUT2D eigenvalue weighted by molar-refractivity contribution is 7.90. The van der Waals surface area contributed by atoms with Crippen LogP contribution in [0.2, 0.25) is 0 Å². The van der Waals surface area contributed by atoms with Crippen molar-refractivity contribution in [3.8, 4) is 5.95 Å². The largest absolute Gasteiger partial charge is 0.338 e. The van der Waals surface area contributed by atoms with Crippen molar-refractivity contribution >= 4 is 15.7 Å². The van der Waals surface area contributed by atoms with Crippen LogP contribution in [0, 0.1) is 5.82 Å². The predicted octanol–water partition coefficient (Wildman–Crippen LogP) is 4.21. The van der Waals surface area contributed by atoms with Crippen molar-refractivity contribution in [1.29, 1.82) is 0 Å². The summed E-state index contributed by atoms with van der Waals surface area (Å²) in [5, 5.41) is 4.53. The molecule has 0 spiro atoms. The first kappa shape index (κ1) is 28.2. The van der Waals surface area contributed by atoms with E-state index in [0.29, 0.717) is 36.0 Å². The lowest BCUT2D eigenvalue weighted by atomic mass is 9.90. The number of carbonyl (C=O) groups is 1. The van der Waals surface area contributed by atoms with Gasteiger partial charge in [0.1, 0.15) is 0 Å². The van der Waals surface area contributed by atoms with Crippen LogP contribution in [0.5, 0.6) is 0 Å². The van der Waals surface area contributed by atoms with Crippen LogP contribution in [0.15, 0.2) is 78.1 Å². The van der Waals surface area contributed by atoms with Crippen LogP contribution in [-0.2, 0) is 16.4 Å². The molecule has 2 fully saturated rings. The van der Waals surface area contributed by atoms with Crippen LogP contribution in [0.3, 0.4) is 0 Å². The standard InChI is InChI=1S/C31H33FN6O3S/c1-42(40,41)27-9-7-22(8-10-27)20-36-14-11-24(12-15-36)29-28(19-35-38(29)31-33-17-26(32)18-34-31)30(39)37-16-13-25(21-37)23-5-3-2-4-6-23/h2-10,17-19,24-25H,11-16,20-21H2,1H3. The fourth-order valence-electron chi connectivity index (χ4n) is 6.07. The molecule has 0 saturated carbocycles. The molecule has 218 valence electrons. The van der Waals surface area contributed by atoms with E-state index in [1.54, 1.807) is 23.0 Å². The van der Waals surface area contributed by atoms with Gasteiger partial charge in [-0.15, -0.1) is 0 Å². The van der Waals surface area contributed by atoms with Gasteiger partial charge in [0.2, 0.25) is 0 Å². The van der Waals surface area contributed by atoms with Gasteiger partial charge in [-0.2, -0.15) is 5.10 Å². The van der Waals surface area contributed by atoms with Gasteiger partial charge in [-0.25, -0.2) is 27.5 Å². The highest BCUT2D eigenvalue weighted by Crippen LogP contribution is 2.34. The number of sulfone groups is 1. The lowest BCUT2D eigenvalue weighted by Crippen LogP contribution is -2.34. The maximum atomic E-state index is 13.9. The van der Waals surface area contributed by atoms with Gasteiger partial charge in [0, 0.05) is 37.7 Å². The summed E-state index contributed by atoms with van der Waals surface area (Å²) in [5.41, 5.74) is 3.60. The molecule has 0 aliphatic carbocycles. The summed E-state index contributed by atoms with van der Waals surface area (Å²) in [6.45, 7) is 3.62. The summed E-state index contributed by atoms with van der Waals surface area (Å²) < 4.78 is 38.8. The van der Waals surface area contributed by atoms with E-state index in [1.807, 2.05) is 35.2 Å². The van der Waals surface area contributed by atoms with E-state index < -0.39 is 15.7 Å². The average Bonchev–Trinajstić information content (AvgIpc) is 3.67. The summed E-state index contributed by atoms with van der Waals surface area (Å²) in [7, 11) is -3.23. The first-order chi connectivity index (χ1) is 20.3. The van der Waals surface area contributed by atoms with Crippen molar-refractivity contribution in [1.82, 2.24) is 29.5 Å². The zero-order valence-electron chi connectivity index (χ0n) is 23.4. The molecule has 1 unspecified atom stereocenters. The van der Waals surface area contributed by atoms with Crippen molar-refractivity contribution < 1.29 is 17.6 Å². The van der Waals surface area contributed by atoms with Crippen molar-refractivity contribution in [3.63, 3.8) is 0 Å². The quantitative estimate of drug-likeness (QED) is 0.319. The van der Waals surface area contributed by atoms with Crippen LogP contribution in [-0.4, -0.2) is 76.3 Å². The van der Waals surface area contributed by atoms with Crippen LogP contribution in [0.1, 0.15) is 58.3 Å². The van der Waals surface area contributed by atoms with Crippen molar-refractivity contribution in [2.75, 3.05) is 32.4 Å². The van der Waals surface area contributed by atoms with Crippen LogP contribution in [0.4, 0.5) is 4.39 Å². The summed E-state index contributed by atoms with van der Waals surface area (Å²) >= 11 is 0. The molecule has 2 aromatic carbocycles. The Morgan fingerprint density at radius 3 is 2.24 bits per heavy atom. The Balaban J connectivity index is 1.21. The van der Waals surface area contributed by atoms with Crippen molar-refractivity contribution in [3.05, 3.63) is 101 Å². The van der Waals surface area contributed by atoms with Gasteiger partial charge in [-0.05, 0) is 55.6 Å². The van der Waals surface area contributed by atoms with Gasteiger partial charge in [0.05, 0.1) is 34.7 Å². The number of aromatic nitrogens is 4. The van der Waals surface area contributed by atoms with E-state index in [0.717, 1.165) is 56.0 Å². The maximum Gasteiger partial charge on any atom is 0.257 e. The van der Waals surface area contributed by atoms with E-state index in [4.69, 9.17) is 0 Å². The molecule has 1 atom stereocenters. The van der Waals surface area contributed by atoms with Crippen LogP contribution in [0.25, 0.3) is 5.95 Å². The predicted molar refractivity (Wildman–Crippen MR) is 156 cm³/mol. The fourth-order valence-corrected chi connectivity index (χ4v) is 6.70. The second-order valence-electron chi connectivity index (χ2n) is 11.2. The molecule has 4 heterocycles. The Labute approximate surface area is 244 Å². The summed E-state index contributed by atoms with van der Waals surface area (Å²) in [6.07, 6.45) is 7.52. The molecular weight excluding hydrogens is 555 g/mol. The molecule has 6 rings (SSSR count). The third kappa shape index (κ3) is 5.98. The zero-order chi connectivity index (χ0) is 29.3. The molecule has 2 aliphatic heterocycles. The second-order valence-corrected chi connectivity index (χ2v) is 13.2. The lowest BCUT2D eigenvalue weighted by molar-refractivity contribution is 0.0788. The molecule has 9 nitrogen and oxygen atoms in total. The topological polar surface area (TPSA) is 101 Å². The lowest BCUT2D eigenvalue weighted by Gasteiger charge is -2.32. The average molecular weight is 589 g/mol. The number of carbonyl (C=O) groups excluding carboxylic acids is 1. The Bertz CT molecular complexity index is 1650. The molecule has 0 N–H and O–H groups in total.